The number of rotatable bonds is 1. The number of likely N-dealkylation sites (N-methyl/N-ethyl adjacent to an activating group) is 2. The second kappa shape index (κ2) is 2.67. The van der Waals surface area contributed by atoms with Crippen molar-refractivity contribution in [3.8, 4) is 0 Å². The minimum Gasteiger partial charge on any atom is -0.458 e. The third-order valence-corrected chi connectivity index (χ3v) is 1.99. The minimum absolute atomic E-state index is 0.690. The SMILES string of the molecule is [CH2-]N(C)[C@H]1CCN(C)C1. The second-order valence-electron chi connectivity index (χ2n) is 2.96. The molecule has 0 amide bonds. The van der Waals surface area contributed by atoms with Crippen LogP contribution in [0.25, 0.3) is 0 Å². The largest absolute Gasteiger partial charge is 0.458 e. The first kappa shape index (κ1) is 7.03. The maximum absolute atomic E-state index is 3.86. The van der Waals surface area contributed by atoms with Crippen LogP contribution in [0.1, 0.15) is 6.42 Å². The Morgan fingerprint density at radius 1 is 1.67 bits per heavy atom. The van der Waals surface area contributed by atoms with Crippen LogP contribution in [0, 0.1) is 7.05 Å². The van der Waals surface area contributed by atoms with Gasteiger partial charge in [0, 0.05) is 6.54 Å². The standard InChI is InChI=1S/C7H15N2/c1-8(2)7-4-5-9(3)6-7/h7H,1,4-6H2,2-3H3/q-1/t7-/m0/s1. The molecule has 0 bridgehead atoms. The summed E-state index contributed by atoms with van der Waals surface area (Å²) in [7, 11) is 8.06. The Kier molecular flexibility index (Phi) is 2.09. The molecule has 0 aliphatic carbocycles. The fraction of sp³-hybridized carbons (Fsp3) is 0.857. The van der Waals surface area contributed by atoms with Crippen molar-refractivity contribution in [2.75, 3.05) is 27.2 Å². The van der Waals surface area contributed by atoms with Gasteiger partial charge in [-0.3, -0.25) is 7.05 Å². The lowest BCUT2D eigenvalue weighted by molar-refractivity contribution is 0.313. The molecule has 0 aromatic rings. The summed E-state index contributed by atoms with van der Waals surface area (Å²) in [6.07, 6.45) is 1.27. The van der Waals surface area contributed by atoms with Gasteiger partial charge >= 0.3 is 0 Å². The van der Waals surface area contributed by atoms with E-state index in [0.717, 1.165) is 0 Å². The van der Waals surface area contributed by atoms with Gasteiger partial charge in [-0.25, -0.2) is 0 Å². The quantitative estimate of drug-likeness (QED) is 0.471. The summed E-state index contributed by atoms with van der Waals surface area (Å²) >= 11 is 0. The molecule has 2 nitrogen and oxygen atoms in total. The van der Waals surface area contributed by atoms with E-state index in [9.17, 15) is 0 Å². The summed E-state index contributed by atoms with van der Waals surface area (Å²) in [6.45, 7) is 2.41. The topological polar surface area (TPSA) is 6.48 Å². The zero-order chi connectivity index (χ0) is 6.85. The summed E-state index contributed by atoms with van der Waals surface area (Å²) < 4.78 is 0. The van der Waals surface area contributed by atoms with E-state index in [4.69, 9.17) is 0 Å². The number of nitrogens with zero attached hydrogens (tertiary/aromatic N) is 2. The van der Waals surface area contributed by atoms with Crippen molar-refractivity contribution < 1.29 is 0 Å². The summed E-state index contributed by atoms with van der Waals surface area (Å²) in [6, 6.07) is 0.690. The molecule has 0 unspecified atom stereocenters. The van der Waals surface area contributed by atoms with Crippen molar-refractivity contribution in [3.63, 3.8) is 0 Å². The Labute approximate surface area is 57.4 Å². The van der Waals surface area contributed by atoms with Crippen molar-refractivity contribution in [1.82, 2.24) is 9.80 Å². The van der Waals surface area contributed by atoms with Crippen molar-refractivity contribution in [3.05, 3.63) is 7.05 Å². The molecule has 0 N–H and O–H groups in total. The van der Waals surface area contributed by atoms with Crippen molar-refractivity contribution in [1.29, 1.82) is 0 Å². The lowest BCUT2D eigenvalue weighted by Crippen LogP contribution is -2.28. The summed E-state index contributed by atoms with van der Waals surface area (Å²) in [5, 5.41) is 0. The van der Waals surface area contributed by atoms with E-state index in [-0.39, 0.29) is 0 Å². The fourth-order valence-corrected chi connectivity index (χ4v) is 1.27. The number of hydrogen-bond donors (Lipinski definition) is 0. The first-order valence-corrected chi connectivity index (χ1v) is 3.42. The zero-order valence-corrected chi connectivity index (χ0v) is 6.30. The first-order valence-electron chi connectivity index (χ1n) is 3.42. The maximum atomic E-state index is 3.86. The van der Waals surface area contributed by atoms with Crippen molar-refractivity contribution >= 4 is 0 Å². The molecule has 1 fully saturated rings. The highest BCUT2D eigenvalue weighted by Gasteiger charge is 2.17. The molecule has 0 spiro atoms. The Morgan fingerprint density at radius 3 is 2.56 bits per heavy atom. The van der Waals surface area contributed by atoms with Crippen LogP contribution < -0.4 is 0 Å². The van der Waals surface area contributed by atoms with Gasteiger partial charge in [-0.2, -0.15) is 0 Å². The minimum atomic E-state index is 0.690. The monoisotopic (exact) mass is 127 g/mol. The Hall–Kier alpha value is -0.0800. The molecule has 1 aliphatic heterocycles. The highest BCUT2D eigenvalue weighted by Crippen LogP contribution is 2.10. The normalized spacial score (nSPS) is 30.0. The van der Waals surface area contributed by atoms with Gasteiger partial charge in [0.1, 0.15) is 0 Å². The van der Waals surface area contributed by atoms with Crippen LogP contribution in [0.2, 0.25) is 0 Å². The van der Waals surface area contributed by atoms with Crippen LogP contribution in [-0.4, -0.2) is 43.0 Å². The fourth-order valence-electron chi connectivity index (χ4n) is 1.27. The van der Waals surface area contributed by atoms with Gasteiger partial charge in [-0.1, -0.05) is 0 Å². The molecule has 1 heterocycles. The third-order valence-electron chi connectivity index (χ3n) is 1.99. The van der Waals surface area contributed by atoms with Gasteiger partial charge in [0.05, 0.1) is 0 Å². The molecule has 0 aromatic carbocycles. The third kappa shape index (κ3) is 1.66. The van der Waals surface area contributed by atoms with E-state index < -0.39 is 0 Å². The smallest absolute Gasteiger partial charge is 0.0111 e. The van der Waals surface area contributed by atoms with Gasteiger partial charge in [-0.05, 0) is 33.1 Å². The number of likely N-dealkylation sites (tertiary alicyclic amines) is 1. The van der Waals surface area contributed by atoms with Crippen molar-refractivity contribution in [2.24, 2.45) is 0 Å². The van der Waals surface area contributed by atoms with Crippen molar-refractivity contribution in [2.45, 2.75) is 12.5 Å². The summed E-state index contributed by atoms with van der Waals surface area (Å²) in [5.74, 6) is 0. The van der Waals surface area contributed by atoms with E-state index in [1.165, 1.54) is 19.5 Å². The Bertz CT molecular complexity index is 90.9. The molecule has 2 heteroatoms. The zero-order valence-electron chi connectivity index (χ0n) is 6.30. The molecule has 9 heavy (non-hydrogen) atoms. The van der Waals surface area contributed by atoms with Crippen LogP contribution in [0.3, 0.4) is 0 Å². The Morgan fingerprint density at radius 2 is 2.33 bits per heavy atom. The lowest BCUT2D eigenvalue weighted by atomic mass is 10.2. The highest BCUT2D eigenvalue weighted by molar-refractivity contribution is 4.79. The molecule has 0 saturated carbocycles. The number of hydrogen-bond acceptors (Lipinski definition) is 2. The van der Waals surface area contributed by atoms with E-state index >= 15 is 0 Å². The van der Waals surface area contributed by atoms with Gasteiger partial charge < -0.3 is 9.80 Å². The second-order valence-corrected chi connectivity index (χ2v) is 2.96. The van der Waals surface area contributed by atoms with Crippen LogP contribution in [0.4, 0.5) is 0 Å². The van der Waals surface area contributed by atoms with Gasteiger partial charge in [-0.15, -0.1) is 0 Å². The molecule has 1 saturated heterocycles. The van der Waals surface area contributed by atoms with E-state index in [1.807, 2.05) is 7.05 Å². The Balaban J connectivity index is 2.30. The molecule has 1 rings (SSSR count). The van der Waals surface area contributed by atoms with Crippen LogP contribution in [-0.2, 0) is 0 Å². The van der Waals surface area contributed by atoms with Crippen LogP contribution in [0.15, 0.2) is 0 Å². The maximum Gasteiger partial charge on any atom is 0.0111 e. The molecule has 0 radical (unpaired) electrons. The molecular formula is C7H15N2-. The molecule has 54 valence electrons. The summed E-state index contributed by atoms with van der Waals surface area (Å²) in [5.41, 5.74) is 0. The van der Waals surface area contributed by atoms with Gasteiger partial charge in [0.25, 0.3) is 0 Å². The van der Waals surface area contributed by atoms with E-state index in [1.54, 1.807) is 0 Å². The highest BCUT2D eigenvalue weighted by atomic mass is 15.2. The van der Waals surface area contributed by atoms with Gasteiger partial charge in [0.2, 0.25) is 0 Å². The van der Waals surface area contributed by atoms with Crippen LogP contribution in [0.5, 0.6) is 0 Å². The van der Waals surface area contributed by atoms with Crippen LogP contribution >= 0.6 is 0 Å². The van der Waals surface area contributed by atoms with Gasteiger partial charge in [0.15, 0.2) is 0 Å². The predicted octanol–water partition coefficient (Wildman–Crippen LogP) is 0.414. The average molecular weight is 127 g/mol. The molecule has 1 atom stereocenters. The average Bonchev–Trinajstić information content (AvgIpc) is 2.14. The summed E-state index contributed by atoms with van der Waals surface area (Å²) in [4.78, 5) is 4.40. The van der Waals surface area contributed by atoms with E-state index in [0.29, 0.717) is 6.04 Å². The molecule has 1 aliphatic rings. The lowest BCUT2D eigenvalue weighted by Gasteiger charge is -2.26. The predicted molar refractivity (Wildman–Crippen MR) is 39.0 cm³/mol. The van der Waals surface area contributed by atoms with E-state index in [2.05, 4.69) is 23.9 Å². The molecule has 0 aromatic heterocycles. The first-order chi connectivity index (χ1) is 4.20. The molecular weight excluding hydrogens is 112 g/mol.